The highest BCUT2D eigenvalue weighted by molar-refractivity contribution is 8.03. The molecule has 2 heteroatoms. The zero-order valence-corrected chi connectivity index (χ0v) is 17.1. The zero-order chi connectivity index (χ0) is 16.0. The maximum atomic E-state index is 2.39. The molecule has 0 nitrogen and oxygen atoms in total. The van der Waals surface area contributed by atoms with Gasteiger partial charge in [0.2, 0.25) is 0 Å². The van der Waals surface area contributed by atoms with Crippen molar-refractivity contribution >= 4 is 23.5 Å². The lowest BCUT2D eigenvalue weighted by atomic mass is 9.93. The molecule has 1 atom stereocenters. The Labute approximate surface area is 137 Å². The molecule has 0 N–H and O–H groups in total. The van der Waals surface area contributed by atoms with Gasteiger partial charge < -0.3 is 0 Å². The van der Waals surface area contributed by atoms with Gasteiger partial charge in [-0.3, -0.25) is 0 Å². The predicted molar refractivity (Wildman–Crippen MR) is 101 cm³/mol. The number of rotatable bonds is 7. The Bertz CT molecular complexity index is 250. The van der Waals surface area contributed by atoms with E-state index in [1.807, 2.05) is 0 Å². The normalized spacial score (nSPS) is 15.4. The molecule has 20 heavy (non-hydrogen) atoms. The monoisotopic (exact) mass is 318 g/mol. The molecule has 0 bridgehead atoms. The minimum Gasteiger partial charge on any atom is -0.161 e. The smallest absolute Gasteiger partial charge is 0.0186 e. The van der Waals surface area contributed by atoms with Gasteiger partial charge in [0.05, 0.1) is 0 Å². The average molecular weight is 319 g/mol. The second-order valence-electron chi connectivity index (χ2n) is 9.42. The Morgan fingerprint density at radius 1 is 0.700 bits per heavy atom. The molecule has 0 fully saturated rings. The third-order valence-electron chi connectivity index (χ3n) is 3.40. The molecule has 0 aromatic rings. The molecule has 0 spiro atoms. The minimum absolute atomic E-state index is 0.414. The van der Waals surface area contributed by atoms with Crippen LogP contribution in [0.25, 0.3) is 0 Å². The van der Waals surface area contributed by atoms with Crippen LogP contribution in [-0.4, -0.2) is 22.5 Å². The van der Waals surface area contributed by atoms with E-state index in [0.717, 1.165) is 5.25 Å². The summed E-state index contributed by atoms with van der Waals surface area (Å²) >= 11 is 4.34. The highest BCUT2D eigenvalue weighted by atomic mass is 32.2. The number of hydrogen-bond donors (Lipinski definition) is 0. The number of thioether (sulfide) groups is 2. The second-order valence-corrected chi connectivity index (χ2v) is 11.9. The van der Waals surface area contributed by atoms with Crippen LogP contribution in [0.15, 0.2) is 0 Å². The van der Waals surface area contributed by atoms with E-state index in [-0.39, 0.29) is 0 Å². The average Bonchev–Trinajstić information content (AvgIpc) is 2.16. The van der Waals surface area contributed by atoms with Crippen molar-refractivity contribution in [2.45, 2.75) is 80.4 Å². The van der Waals surface area contributed by atoms with Gasteiger partial charge in [-0.05, 0) is 40.6 Å². The summed E-state index contributed by atoms with van der Waals surface area (Å²) in [5, 5.41) is 0.773. The van der Waals surface area contributed by atoms with Gasteiger partial charge in [0, 0.05) is 11.0 Å². The molecule has 1 unspecified atom stereocenters. The molecule has 0 aromatic carbocycles. The quantitative estimate of drug-likeness (QED) is 0.477. The molecule has 0 saturated heterocycles. The van der Waals surface area contributed by atoms with Crippen molar-refractivity contribution in [3.05, 3.63) is 0 Å². The van der Waals surface area contributed by atoms with E-state index in [0.29, 0.717) is 16.2 Å². The molecule has 0 saturated carbocycles. The summed E-state index contributed by atoms with van der Waals surface area (Å²) in [5.74, 6) is 3.90. The first-order valence-electron chi connectivity index (χ1n) is 8.01. The summed E-state index contributed by atoms with van der Waals surface area (Å²) in [6.45, 7) is 21.2. The summed E-state index contributed by atoms with van der Waals surface area (Å²) in [7, 11) is 0. The Morgan fingerprint density at radius 3 is 1.55 bits per heavy atom. The zero-order valence-electron chi connectivity index (χ0n) is 15.4. The van der Waals surface area contributed by atoms with Gasteiger partial charge in [-0.25, -0.2) is 0 Å². The highest BCUT2D eigenvalue weighted by Gasteiger charge is 2.25. The van der Waals surface area contributed by atoms with Gasteiger partial charge in [-0.2, -0.15) is 23.5 Å². The van der Waals surface area contributed by atoms with Gasteiger partial charge in [0.1, 0.15) is 0 Å². The molecule has 0 aliphatic carbocycles. The minimum atomic E-state index is 0.414. The molecular weight excluding hydrogens is 280 g/mol. The maximum Gasteiger partial charge on any atom is 0.0186 e. The summed E-state index contributed by atoms with van der Waals surface area (Å²) in [5.41, 5.74) is 1.36. The van der Waals surface area contributed by atoms with Crippen molar-refractivity contribution in [2.24, 2.45) is 16.2 Å². The van der Waals surface area contributed by atoms with E-state index in [1.165, 1.54) is 30.1 Å². The molecule has 0 amide bonds. The first-order chi connectivity index (χ1) is 8.81. The molecule has 0 rings (SSSR count). The fourth-order valence-electron chi connectivity index (χ4n) is 1.62. The fraction of sp³-hybridized carbons (Fsp3) is 1.00. The summed E-state index contributed by atoms with van der Waals surface area (Å²) < 4.78 is 0. The van der Waals surface area contributed by atoms with Crippen LogP contribution >= 0.6 is 23.5 Å². The standard InChI is InChI=1S/C18H38S2/c1-16(2,3)10-12-19-14-15(18(7,8)9)20-13-11-17(4,5)6/h15H,10-14H2,1-9H3. The van der Waals surface area contributed by atoms with Crippen molar-refractivity contribution in [3.8, 4) is 0 Å². The Morgan fingerprint density at radius 2 is 1.15 bits per heavy atom. The van der Waals surface area contributed by atoms with Crippen LogP contribution in [0.5, 0.6) is 0 Å². The van der Waals surface area contributed by atoms with Crippen LogP contribution in [0, 0.1) is 16.2 Å². The lowest BCUT2D eigenvalue weighted by Gasteiger charge is -2.31. The largest absolute Gasteiger partial charge is 0.161 e. The number of hydrogen-bond acceptors (Lipinski definition) is 2. The van der Waals surface area contributed by atoms with E-state index >= 15 is 0 Å². The fourth-order valence-corrected chi connectivity index (χ4v) is 5.45. The maximum absolute atomic E-state index is 2.39. The summed E-state index contributed by atoms with van der Waals surface area (Å²) in [6.07, 6.45) is 2.64. The van der Waals surface area contributed by atoms with Crippen LogP contribution in [-0.2, 0) is 0 Å². The summed E-state index contributed by atoms with van der Waals surface area (Å²) in [6, 6.07) is 0. The van der Waals surface area contributed by atoms with Crippen LogP contribution in [0.2, 0.25) is 0 Å². The first-order valence-corrected chi connectivity index (χ1v) is 10.2. The van der Waals surface area contributed by atoms with E-state index in [1.54, 1.807) is 0 Å². The predicted octanol–water partition coefficient (Wildman–Crippen LogP) is 6.74. The second kappa shape index (κ2) is 8.36. The Kier molecular flexibility index (Phi) is 8.66. The molecule has 0 aliphatic rings. The molecule has 0 aliphatic heterocycles. The van der Waals surface area contributed by atoms with Gasteiger partial charge in [0.25, 0.3) is 0 Å². The molecular formula is C18H38S2. The van der Waals surface area contributed by atoms with E-state index in [4.69, 9.17) is 0 Å². The van der Waals surface area contributed by atoms with Crippen molar-refractivity contribution in [1.82, 2.24) is 0 Å². The Balaban J connectivity index is 4.11. The van der Waals surface area contributed by atoms with Crippen LogP contribution in [0.3, 0.4) is 0 Å². The van der Waals surface area contributed by atoms with Crippen LogP contribution < -0.4 is 0 Å². The third-order valence-corrected chi connectivity index (χ3v) is 6.39. The molecule has 0 aromatic heterocycles. The highest BCUT2D eigenvalue weighted by Crippen LogP contribution is 2.35. The van der Waals surface area contributed by atoms with Gasteiger partial charge in [-0.1, -0.05) is 62.3 Å². The van der Waals surface area contributed by atoms with Gasteiger partial charge in [-0.15, -0.1) is 0 Å². The Hall–Kier alpha value is 0.700. The van der Waals surface area contributed by atoms with Crippen molar-refractivity contribution in [1.29, 1.82) is 0 Å². The van der Waals surface area contributed by atoms with Gasteiger partial charge in [0.15, 0.2) is 0 Å². The molecule has 0 heterocycles. The topological polar surface area (TPSA) is 0 Å². The van der Waals surface area contributed by atoms with E-state index in [9.17, 15) is 0 Å². The van der Waals surface area contributed by atoms with Crippen molar-refractivity contribution < 1.29 is 0 Å². The van der Waals surface area contributed by atoms with Crippen LogP contribution in [0.1, 0.15) is 75.2 Å². The van der Waals surface area contributed by atoms with E-state index < -0.39 is 0 Å². The lowest BCUT2D eigenvalue weighted by molar-refractivity contribution is 0.394. The first kappa shape index (κ1) is 20.7. The van der Waals surface area contributed by atoms with Gasteiger partial charge >= 0.3 is 0 Å². The molecule has 122 valence electrons. The van der Waals surface area contributed by atoms with Crippen molar-refractivity contribution in [2.75, 3.05) is 17.3 Å². The van der Waals surface area contributed by atoms with Crippen molar-refractivity contribution in [3.63, 3.8) is 0 Å². The lowest BCUT2D eigenvalue weighted by Crippen LogP contribution is -2.26. The SMILES string of the molecule is CC(C)(C)CCSCC(SCCC(C)(C)C)C(C)(C)C. The molecule has 0 radical (unpaired) electrons. The third kappa shape index (κ3) is 12.4. The van der Waals surface area contributed by atoms with Crippen LogP contribution in [0.4, 0.5) is 0 Å². The van der Waals surface area contributed by atoms with E-state index in [2.05, 4.69) is 85.8 Å². The summed E-state index contributed by atoms with van der Waals surface area (Å²) in [4.78, 5) is 0.